The normalized spacial score (nSPS) is 16.6. The molecule has 2 aromatic carbocycles. The van der Waals surface area contributed by atoms with Gasteiger partial charge in [0.2, 0.25) is 0 Å². The summed E-state index contributed by atoms with van der Waals surface area (Å²) in [7, 11) is 1.21. The SMILES string of the molecule is COc1cccc([C@H]2Nc3ccccc3C(=O)N2CC(F)(F)F)c1OC(F)F. The number of hydrogen-bond acceptors (Lipinski definition) is 4. The van der Waals surface area contributed by atoms with Crippen molar-refractivity contribution in [1.29, 1.82) is 0 Å². The van der Waals surface area contributed by atoms with E-state index in [9.17, 15) is 26.7 Å². The number of carbonyl (C=O) groups is 1. The van der Waals surface area contributed by atoms with Crippen LogP contribution in [0, 0.1) is 0 Å². The Bertz CT molecular complexity index is 873. The van der Waals surface area contributed by atoms with Gasteiger partial charge in [-0.05, 0) is 18.2 Å². The molecule has 0 bridgehead atoms. The highest BCUT2D eigenvalue weighted by molar-refractivity contribution is 6.01. The van der Waals surface area contributed by atoms with Crippen molar-refractivity contribution in [3.8, 4) is 11.5 Å². The van der Waals surface area contributed by atoms with Gasteiger partial charge in [0, 0.05) is 11.3 Å². The maximum atomic E-state index is 13.1. The van der Waals surface area contributed by atoms with E-state index < -0.39 is 37.2 Å². The van der Waals surface area contributed by atoms with Gasteiger partial charge < -0.3 is 19.7 Å². The molecule has 0 saturated heterocycles. The van der Waals surface area contributed by atoms with Gasteiger partial charge in [-0.3, -0.25) is 4.79 Å². The Balaban J connectivity index is 2.14. The lowest BCUT2D eigenvalue weighted by Gasteiger charge is -2.39. The maximum absolute atomic E-state index is 13.1. The van der Waals surface area contributed by atoms with Gasteiger partial charge in [0.15, 0.2) is 11.5 Å². The topological polar surface area (TPSA) is 50.8 Å². The van der Waals surface area contributed by atoms with E-state index in [1.807, 2.05) is 0 Å². The van der Waals surface area contributed by atoms with Gasteiger partial charge in [-0.1, -0.05) is 24.3 Å². The van der Waals surface area contributed by atoms with Crippen LogP contribution in [-0.4, -0.2) is 37.2 Å². The molecule has 1 aliphatic rings. The van der Waals surface area contributed by atoms with Crippen LogP contribution in [0.3, 0.4) is 0 Å². The molecule has 5 nitrogen and oxygen atoms in total. The van der Waals surface area contributed by atoms with Crippen molar-refractivity contribution in [2.45, 2.75) is 19.0 Å². The van der Waals surface area contributed by atoms with E-state index in [1.165, 1.54) is 43.5 Å². The highest BCUT2D eigenvalue weighted by Crippen LogP contribution is 2.42. The summed E-state index contributed by atoms with van der Waals surface area (Å²) >= 11 is 0. The van der Waals surface area contributed by atoms with Crippen molar-refractivity contribution in [1.82, 2.24) is 4.90 Å². The number of nitrogens with one attached hydrogen (secondary N) is 1. The summed E-state index contributed by atoms with van der Waals surface area (Å²) in [5.41, 5.74) is 0.232. The van der Waals surface area contributed by atoms with E-state index >= 15 is 0 Å². The van der Waals surface area contributed by atoms with Crippen molar-refractivity contribution >= 4 is 11.6 Å². The Kier molecular flexibility index (Phi) is 5.30. The fourth-order valence-electron chi connectivity index (χ4n) is 3.02. The highest BCUT2D eigenvalue weighted by atomic mass is 19.4. The fraction of sp³-hybridized carbons (Fsp3) is 0.278. The van der Waals surface area contributed by atoms with Gasteiger partial charge in [-0.2, -0.15) is 22.0 Å². The Labute approximate surface area is 156 Å². The summed E-state index contributed by atoms with van der Waals surface area (Å²) in [5.74, 6) is -1.43. The Morgan fingerprint density at radius 2 is 1.86 bits per heavy atom. The highest BCUT2D eigenvalue weighted by Gasteiger charge is 2.42. The second-order valence-electron chi connectivity index (χ2n) is 5.90. The van der Waals surface area contributed by atoms with E-state index in [2.05, 4.69) is 10.1 Å². The summed E-state index contributed by atoms with van der Waals surface area (Å²) in [5, 5.41) is 2.81. The lowest BCUT2D eigenvalue weighted by atomic mass is 10.0. The zero-order chi connectivity index (χ0) is 20.5. The minimum Gasteiger partial charge on any atom is -0.493 e. The molecule has 0 fully saturated rings. The average molecular weight is 402 g/mol. The van der Waals surface area contributed by atoms with Gasteiger partial charge >= 0.3 is 12.8 Å². The molecule has 0 radical (unpaired) electrons. The second-order valence-corrected chi connectivity index (χ2v) is 5.90. The molecule has 1 N–H and O–H groups in total. The predicted octanol–water partition coefficient (Wildman–Crippen LogP) is 4.43. The molecule has 2 aromatic rings. The van der Waals surface area contributed by atoms with Gasteiger partial charge in [0.25, 0.3) is 5.91 Å². The number of ether oxygens (including phenoxy) is 2. The van der Waals surface area contributed by atoms with E-state index in [-0.39, 0.29) is 22.6 Å². The number of anilines is 1. The van der Waals surface area contributed by atoms with Crippen molar-refractivity contribution < 1.29 is 36.2 Å². The number of carbonyl (C=O) groups excluding carboxylic acids is 1. The largest absolute Gasteiger partial charge is 0.493 e. The molecule has 0 aliphatic carbocycles. The van der Waals surface area contributed by atoms with E-state index in [0.29, 0.717) is 4.90 Å². The number of rotatable bonds is 5. The lowest BCUT2D eigenvalue weighted by Crippen LogP contribution is -2.47. The smallest absolute Gasteiger partial charge is 0.406 e. The minimum absolute atomic E-state index is 0.0437. The summed E-state index contributed by atoms with van der Waals surface area (Å²) < 4.78 is 74.7. The predicted molar refractivity (Wildman–Crippen MR) is 89.5 cm³/mol. The standard InChI is InChI=1S/C18H15F5N2O3/c1-27-13-8-4-6-11(14(13)28-17(19)20)15-24-12-7-3-2-5-10(12)16(26)25(15)9-18(21,22)23/h2-8,15,17,24H,9H2,1H3/t15-/m0/s1. The van der Waals surface area contributed by atoms with Crippen LogP contribution < -0.4 is 14.8 Å². The number of hydrogen-bond donors (Lipinski definition) is 1. The molecule has 0 aromatic heterocycles. The summed E-state index contributed by atoms with van der Waals surface area (Å²) in [6.45, 7) is -4.82. The van der Waals surface area contributed by atoms with Crippen LogP contribution in [0.1, 0.15) is 22.1 Å². The summed E-state index contributed by atoms with van der Waals surface area (Å²) in [6, 6.07) is 10.0. The second kappa shape index (κ2) is 7.53. The zero-order valence-electron chi connectivity index (χ0n) is 14.5. The Morgan fingerprint density at radius 1 is 1.14 bits per heavy atom. The van der Waals surface area contributed by atoms with Crippen molar-refractivity contribution in [2.75, 3.05) is 19.0 Å². The number of halogens is 5. The van der Waals surface area contributed by atoms with Crippen LogP contribution in [0.15, 0.2) is 42.5 Å². The van der Waals surface area contributed by atoms with Crippen LogP contribution in [-0.2, 0) is 0 Å². The molecular weight excluding hydrogens is 387 g/mol. The molecule has 0 spiro atoms. The van der Waals surface area contributed by atoms with Crippen LogP contribution in [0.2, 0.25) is 0 Å². The van der Waals surface area contributed by atoms with Crippen LogP contribution in [0.5, 0.6) is 11.5 Å². The van der Waals surface area contributed by atoms with Crippen LogP contribution in [0.25, 0.3) is 0 Å². The number of amides is 1. The van der Waals surface area contributed by atoms with Crippen LogP contribution >= 0.6 is 0 Å². The van der Waals surface area contributed by atoms with Crippen LogP contribution in [0.4, 0.5) is 27.6 Å². The van der Waals surface area contributed by atoms with E-state index in [1.54, 1.807) is 6.07 Å². The quantitative estimate of drug-likeness (QED) is 0.752. The van der Waals surface area contributed by atoms with Crippen molar-refractivity contribution in [3.63, 3.8) is 0 Å². The molecule has 28 heavy (non-hydrogen) atoms. The number of nitrogens with zero attached hydrogens (tertiary/aromatic N) is 1. The molecule has 1 aliphatic heterocycles. The number of benzene rings is 2. The molecule has 3 rings (SSSR count). The van der Waals surface area contributed by atoms with Gasteiger partial charge in [0.05, 0.1) is 12.7 Å². The van der Waals surface area contributed by atoms with E-state index in [0.717, 1.165) is 0 Å². The third kappa shape index (κ3) is 3.95. The van der Waals surface area contributed by atoms with E-state index in [4.69, 9.17) is 4.74 Å². The fourth-order valence-corrected chi connectivity index (χ4v) is 3.02. The first kappa shape index (κ1) is 19.7. The molecule has 1 heterocycles. The first-order chi connectivity index (χ1) is 13.2. The molecule has 150 valence electrons. The Hall–Kier alpha value is -3.04. The van der Waals surface area contributed by atoms with Crippen molar-refractivity contribution in [3.05, 3.63) is 53.6 Å². The molecule has 1 atom stereocenters. The molecule has 0 saturated carbocycles. The van der Waals surface area contributed by atoms with Gasteiger partial charge in [-0.25, -0.2) is 0 Å². The lowest BCUT2D eigenvalue weighted by molar-refractivity contribution is -0.144. The first-order valence-corrected chi connectivity index (χ1v) is 8.06. The number of fused-ring (bicyclic) bond motifs is 1. The molecular formula is C18H15F5N2O3. The monoisotopic (exact) mass is 402 g/mol. The third-order valence-electron chi connectivity index (χ3n) is 4.10. The average Bonchev–Trinajstić information content (AvgIpc) is 2.63. The summed E-state index contributed by atoms with van der Waals surface area (Å²) in [4.78, 5) is 13.3. The number of methoxy groups -OCH3 is 1. The van der Waals surface area contributed by atoms with Gasteiger partial charge in [0.1, 0.15) is 12.7 Å². The van der Waals surface area contributed by atoms with Gasteiger partial charge in [-0.15, -0.1) is 0 Å². The number of para-hydroxylation sites is 2. The van der Waals surface area contributed by atoms with Crippen molar-refractivity contribution in [2.24, 2.45) is 0 Å². The number of alkyl halides is 5. The Morgan fingerprint density at radius 3 is 2.50 bits per heavy atom. The molecule has 10 heteroatoms. The molecule has 1 amide bonds. The first-order valence-electron chi connectivity index (χ1n) is 8.06. The third-order valence-corrected chi connectivity index (χ3v) is 4.10. The summed E-state index contributed by atoms with van der Waals surface area (Å²) in [6.07, 6.45) is -6.10. The minimum atomic E-state index is -4.70. The molecule has 0 unspecified atom stereocenters. The zero-order valence-corrected chi connectivity index (χ0v) is 14.5. The maximum Gasteiger partial charge on any atom is 0.406 e.